The molecule has 0 amide bonds. The maximum Gasteiger partial charge on any atom is 0.115 e. The molecule has 2 aromatic heterocycles. The third kappa shape index (κ3) is 2.19. The Labute approximate surface area is 104 Å². The maximum atomic E-state index is 4.72. The lowest BCUT2D eigenvalue weighted by atomic mass is 10.2. The smallest absolute Gasteiger partial charge is 0.115 e. The van der Waals surface area contributed by atoms with Crippen molar-refractivity contribution in [2.75, 3.05) is 7.05 Å². The van der Waals surface area contributed by atoms with Gasteiger partial charge in [0.1, 0.15) is 5.01 Å². The standard InChI is InChI=1S/C12H16N2S2/c1-4-9-8(2)16-12(14-9)11(13-3)10-6-5-7-15-10/h5-7,11,13H,4H2,1-3H3. The van der Waals surface area contributed by atoms with E-state index in [2.05, 4.69) is 36.7 Å². The Morgan fingerprint density at radius 3 is 2.81 bits per heavy atom. The molecule has 1 unspecified atom stereocenters. The monoisotopic (exact) mass is 252 g/mol. The fraction of sp³-hybridized carbons (Fsp3) is 0.417. The van der Waals surface area contributed by atoms with Gasteiger partial charge in [-0.25, -0.2) is 4.98 Å². The second kappa shape index (κ2) is 5.08. The van der Waals surface area contributed by atoms with Crippen LogP contribution >= 0.6 is 22.7 Å². The van der Waals surface area contributed by atoms with Crippen molar-refractivity contribution in [2.24, 2.45) is 0 Å². The first-order valence-corrected chi connectivity index (χ1v) is 7.12. The molecule has 2 nitrogen and oxygen atoms in total. The molecular weight excluding hydrogens is 236 g/mol. The zero-order chi connectivity index (χ0) is 11.5. The summed E-state index contributed by atoms with van der Waals surface area (Å²) in [5, 5.41) is 6.64. The van der Waals surface area contributed by atoms with Crippen LogP contribution in [0.2, 0.25) is 0 Å². The van der Waals surface area contributed by atoms with Gasteiger partial charge in [-0.2, -0.15) is 0 Å². The molecule has 1 atom stereocenters. The molecule has 0 radical (unpaired) electrons. The third-order valence-electron chi connectivity index (χ3n) is 2.61. The lowest BCUT2D eigenvalue weighted by Crippen LogP contribution is -2.16. The van der Waals surface area contributed by atoms with Gasteiger partial charge in [0, 0.05) is 9.75 Å². The summed E-state index contributed by atoms with van der Waals surface area (Å²) in [5.74, 6) is 0. The molecule has 2 heterocycles. The van der Waals surface area contributed by atoms with Gasteiger partial charge in [0.25, 0.3) is 0 Å². The van der Waals surface area contributed by atoms with E-state index in [9.17, 15) is 0 Å². The highest BCUT2D eigenvalue weighted by atomic mass is 32.1. The molecule has 4 heteroatoms. The maximum absolute atomic E-state index is 4.72. The highest BCUT2D eigenvalue weighted by Gasteiger charge is 2.18. The van der Waals surface area contributed by atoms with Gasteiger partial charge in [-0.05, 0) is 31.8 Å². The number of aryl methyl sites for hydroxylation is 2. The van der Waals surface area contributed by atoms with Crippen LogP contribution in [0.25, 0.3) is 0 Å². The Hall–Kier alpha value is -0.710. The summed E-state index contributed by atoms with van der Waals surface area (Å²) in [4.78, 5) is 7.39. The molecule has 0 aromatic carbocycles. The van der Waals surface area contributed by atoms with E-state index in [1.54, 1.807) is 22.7 Å². The number of hydrogen-bond acceptors (Lipinski definition) is 4. The minimum Gasteiger partial charge on any atom is -0.307 e. The Kier molecular flexibility index (Phi) is 3.74. The molecular formula is C12H16N2S2. The highest BCUT2D eigenvalue weighted by Crippen LogP contribution is 2.30. The summed E-state index contributed by atoms with van der Waals surface area (Å²) < 4.78 is 0. The van der Waals surface area contributed by atoms with Crippen molar-refractivity contribution in [1.29, 1.82) is 0 Å². The first kappa shape index (κ1) is 11.8. The molecule has 0 saturated heterocycles. The normalized spacial score (nSPS) is 12.9. The average Bonchev–Trinajstić information content (AvgIpc) is 2.89. The second-order valence-corrected chi connectivity index (χ2v) is 5.86. The van der Waals surface area contributed by atoms with E-state index in [1.807, 2.05) is 7.05 Å². The molecule has 16 heavy (non-hydrogen) atoms. The summed E-state index contributed by atoms with van der Waals surface area (Å²) in [7, 11) is 1.99. The lowest BCUT2D eigenvalue weighted by molar-refractivity contribution is 0.695. The molecule has 0 fully saturated rings. The van der Waals surface area contributed by atoms with Crippen LogP contribution in [0.1, 0.15) is 33.4 Å². The average molecular weight is 252 g/mol. The molecule has 2 aromatic rings. The molecule has 86 valence electrons. The minimum absolute atomic E-state index is 0.254. The SMILES string of the molecule is CCc1nc(C(NC)c2cccs2)sc1C. The van der Waals surface area contributed by atoms with Crippen LogP contribution in [0.3, 0.4) is 0 Å². The van der Waals surface area contributed by atoms with Crippen LogP contribution in [0.15, 0.2) is 17.5 Å². The van der Waals surface area contributed by atoms with Crippen molar-refractivity contribution in [2.45, 2.75) is 26.3 Å². The molecule has 0 aliphatic heterocycles. The van der Waals surface area contributed by atoms with E-state index in [0.29, 0.717) is 0 Å². The van der Waals surface area contributed by atoms with Crippen molar-refractivity contribution in [3.05, 3.63) is 38.0 Å². The number of nitrogens with one attached hydrogen (secondary N) is 1. The van der Waals surface area contributed by atoms with Crippen LogP contribution in [0.4, 0.5) is 0 Å². The predicted molar refractivity (Wildman–Crippen MR) is 71.5 cm³/mol. The largest absolute Gasteiger partial charge is 0.307 e. The van der Waals surface area contributed by atoms with Gasteiger partial charge >= 0.3 is 0 Å². The molecule has 2 rings (SSSR count). The first-order valence-electron chi connectivity index (χ1n) is 5.43. The van der Waals surface area contributed by atoms with Crippen molar-refractivity contribution in [3.63, 3.8) is 0 Å². The number of nitrogens with zero attached hydrogens (tertiary/aromatic N) is 1. The molecule has 0 spiro atoms. The zero-order valence-electron chi connectivity index (χ0n) is 9.78. The van der Waals surface area contributed by atoms with Gasteiger partial charge in [-0.15, -0.1) is 22.7 Å². The third-order valence-corrected chi connectivity index (χ3v) is 4.62. The van der Waals surface area contributed by atoms with Gasteiger partial charge in [-0.3, -0.25) is 0 Å². The summed E-state index contributed by atoms with van der Waals surface area (Å²) in [5.41, 5.74) is 1.23. The van der Waals surface area contributed by atoms with Gasteiger partial charge in [0.05, 0.1) is 11.7 Å². The van der Waals surface area contributed by atoms with Crippen LogP contribution in [0, 0.1) is 6.92 Å². The van der Waals surface area contributed by atoms with Crippen molar-refractivity contribution in [1.82, 2.24) is 10.3 Å². The highest BCUT2D eigenvalue weighted by molar-refractivity contribution is 7.12. The Morgan fingerprint density at radius 1 is 1.50 bits per heavy atom. The number of thiophene rings is 1. The Bertz CT molecular complexity index is 446. The molecule has 0 saturated carbocycles. The topological polar surface area (TPSA) is 24.9 Å². The molecule has 0 bridgehead atoms. The van der Waals surface area contributed by atoms with Crippen molar-refractivity contribution in [3.8, 4) is 0 Å². The second-order valence-electron chi connectivity index (χ2n) is 3.65. The Balaban J connectivity index is 2.34. The zero-order valence-corrected chi connectivity index (χ0v) is 11.4. The number of aromatic nitrogens is 1. The number of rotatable bonds is 4. The van der Waals surface area contributed by atoms with E-state index >= 15 is 0 Å². The predicted octanol–water partition coefficient (Wildman–Crippen LogP) is 3.38. The fourth-order valence-corrected chi connectivity index (χ4v) is 3.80. The van der Waals surface area contributed by atoms with E-state index in [0.717, 1.165) is 6.42 Å². The Morgan fingerprint density at radius 2 is 2.31 bits per heavy atom. The molecule has 1 N–H and O–H groups in total. The molecule has 0 aliphatic rings. The van der Waals surface area contributed by atoms with E-state index in [4.69, 9.17) is 4.98 Å². The van der Waals surface area contributed by atoms with Gasteiger partial charge in [-0.1, -0.05) is 13.0 Å². The minimum atomic E-state index is 0.254. The van der Waals surface area contributed by atoms with Gasteiger partial charge in [0.15, 0.2) is 0 Å². The van der Waals surface area contributed by atoms with E-state index in [-0.39, 0.29) is 6.04 Å². The lowest BCUT2D eigenvalue weighted by Gasteiger charge is -2.10. The summed E-state index contributed by atoms with van der Waals surface area (Å²) in [6.07, 6.45) is 1.02. The molecule has 0 aliphatic carbocycles. The quantitative estimate of drug-likeness (QED) is 0.902. The van der Waals surface area contributed by atoms with Crippen LogP contribution in [0.5, 0.6) is 0 Å². The van der Waals surface area contributed by atoms with Gasteiger partial charge < -0.3 is 5.32 Å². The number of thiazole rings is 1. The van der Waals surface area contributed by atoms with Crippen LogP contribution in [-0.4, -0.2) is 12.0 Å². The summed E-state index contributed by atoms with van der Waals surface area (Å²) in [6.45, 7) is 4.31. The van der Waals surface area contributed by atoms with Gasteiger partial charge in [0.2, 0.25) is 0 Å². The van der Waals surface area contributed by atoms with E-state index < -0.39 is 0 Å². The van der Waals surface area contributed by atoms with Crippen LogP contribution < -0.4 is 5.32 Å². The van der Waals surface area contributed by atoms with E-state index in [1.165, 1.54) is 20.5 Å². The summed E-state index contributed by atoms with van der Waals surface area (Å²) >= 11 is 3.58. The first-order chi connectivity index (χ1) is 7.76. The number of hydrogen-bond donors (Lipinski definition) is 1. The van der Waals surface area contributed by atoms with Crippen LogP contribution in [-0.2, 0) is 6.42 Å². The van der Waals surface area contributed by atoms with Crippen molar-refractivity contribution >= 4 is 22.7 Å². The fourth-order valence-electron chi connectivity index (χ4n) is 1.74. The summed E-state index contributed by atoms with van der Waals surface area (Å²) in [6, 6.07) is 4.50. The van der Waals surface area contributed by atoms with Crippen molar-refractivity contribution < 1.29 is 0 Å².